The van der Waals surface area contributed by atoms with Gasteiger partial charge in [-0.05, 0) is 61.6 Å². The molecule has 2 fully saturated rings. The molecule has 0 spiro atoms. The molecule has 1 aromatic rings. The lowest BCUT2D eigenvalue weighted by Gasteiger charge is -2.45. The van der Waals surface area contributed by atoms with Crippen molar-refractivity contribution in [2.45, 2.75) is 50.6 Å². The van der Waals surface area contributed by atoms with Crippen LogP contribution in [0.15, 0.2) is 30.9 Å². The molecule has 2 saturated carbocycles. The summed E-state index contributed by atoms with van der Waals surface area (Å²) in [5.41, 5.74) is 7.26. The monoisotopic (exact) mass is 358 g/mol. The molecule has 0 saturated heterocycles. The molecule has 2 atom stereocenters. The van der Waals surface area contributed by atoms with E-state index in [1.807, 2.05) is 24.3 Å². The summed E-state index contributed by atoms with van der Waals surface area (Å²) in [7, 11) is 1.60. The van der Waals surface area contributed by atoms with Gasteiger partial charge in [0.2, 0.25) is 0 Å². The van der Waals surface area contributed by atoms with E-state index in [-0.39, 0.29) is 24.6 Å². The Hall–Kier alpha value is -2.01. The van der Waals surface area contributed by atoms with Crippen LogP contribution in [0, 0.1) is 11.8 Å². The van der Waals surface area contributed by atoms with Crippen molar-refractivity contribution in [2.24, 2.45) is 17.6 Å². The molecule has 5 nitrogen and oxygen atoms in total. The Labute approximate surface area is 155 Å². The number of nitrogens with one attached hydrogen (secondary N) is 1. The molecule has 0 aromatic heterocycles. The Morgan fingerprint density at radius 2 is 2.04 bits per heavy atom. The van der Waals surface area contributed by atoms with Gasteiger partial charge in [0, 0.05) is 12.1 Å². The number of benzene rings is 1. The van der Waals surface area contributed by atoms with E-state index in [9.17, 15) is 4.79 Å². The minimum absolute atomic E-state index is 0.000835. The van der Waals surface area contributed by atoms with Crippen molar-refractivity contribution in [3.8, 4) is 11.5 Å². The number of rotatable bonds is 7. The number of carbonyl (C=O) groups excluding carboxylic acids is 1. The second-order valence-electron chi connectivity index (χ2n) is 7.54. The summed E-state index contributed by atoms with van der Waals surface area (Å²) >= 11 is 0. The van der Waals surface area contributed by atoms with Crippen molar-refractivity contribution in [3.05, 3.63) is 36.4 Å². The number of nitrogens with two attached hydrogens (primary N) is 1. The summed E-state index contributed by atoms with van der Waals surface area (Å²) in [5.74, 6) is 2.17. The predicted molar refractivity (Wildman–Crippen MR) is 102 cm³/mol. The largest absolute Gasteiger partial charge is 0.493 e. The Morgan fingerprint density at radius 1 is 1.31 bits per heavy atom. The lowest BCUT2D eigenvalue weighted by Crippen LogP contribution is -2.54. The molecule has 5 heteroatoms. The van der Waals surface area contributed by atoms with Crippen LogP contribution in [0.1, 0.15) is 37.7 Å². The first-order valence-electron chi connectivity index (χ1n) is 9.56. The van der Waals surface area contributed by atoms with Crippen LogP contribution < -0.4 is 20.5 Å². The highest BCUT2D eigenvalue weighted by atomic mass is 16.5. The van der Waals surface area contributed by atoms with Gasteiger partial charge in [-0.15, -0.1) is 6.58 Å². The maximum atomic E-state index is 12.4. The third-order valence-electron chi connectivity index (χ3n) is 5.67. The van der Waals surface area contributed by atoms with Crippen molar-refractivity contribution in [1.82, 2.24) is 5.32 Å². The first-order valence-corrected chi connectivity index (χ1v) is 9.56. The van der Waals surface area contributed by atoms with Gasteiger partial charge in [-0.2, -0.15) is 0 Å². The van der Waals surface area contributed by atoms with Crippen molar-refractivity contribution in [3.63, 3.8) is 0 Å². The molecule has 2 bridgehead atoms. The fourth-order valence-corrected chi connectivity index (χ4v) is 4.52. The van der Waals surface area contributed by atoms with E-state index in [4.69, 9.17) is 15.2 Å². The first-order chi connectivity index (χ1) is 12.6. The number of carbonyl (C=O) groups is 1. The highest BCUT2D eigenvalue weighted by molar-refractivity contribution is 5.78. The van der Waals surface area contributed by atoms with Gasteiger partial charge in [0.05, 0.1) is 7.11 Å². The molecule has 3 N–H and O–H groups in total. The molecule has 0 heterocycles. The van der Waals surface area contributed by atoms with Crippen LogP contribution in [0.2, 0.25) is 0 Å². The summed E-state index contributed by atoms with van der Waals surface area (Å²) in [5, 5.41) is 3.21. The van der Waals surface area contributed by atoms with Crippen LogP contribution >= 0.6 is 0 Å². The molecule has 3 rings (SSSR count). The molecule has 0 aliphatic heterocycles. The Bertz CT molecular complexity index is 632. The lowest BCUT2D eigenvalue weighted by atomic mass is 9.67. The Kier molecular flexibility index (Phi) is 6.20. The molecular formula is C21H30N2O3. The number of hydrogen-bond acceptors (Lipinski definition) is 4. The van der Waals surface area contributed by atoms with Gasteiger partial charge in [0.1, 0.15) is 0 Å². The molecule has 26 heavy (non-hydrogen) atoms. The maximum absolute atomic E-state index is 12.4. The molecule has 0 radical (unpaired) electrons. The summed E-state index contributed by atoms with van der Waals surface area (Å²) in [6.45, 7) is 3.74. The van der Waals surface area contributed by atoms with E-state index in [1.54, 1.807) is 7.11 Å². The molecular weight excluding hydrogens is 328 g/mol. The molecule has 2 aliphatic carbocycles. The smallest absolute Gasteiger partial charge is 0.258 e. The fraction of sp³-hybridized carbons (Fsp3) is 0.571. The van der Waals surface area contributed by atoms with E-state index in [2.05, 4.69) is 11.9 Å². The van der Waals surface area contributed by atoms with Crippen LogP contribution in [0.5, 0.6) is 11.5 Å². The highest BCUT2D eigenvalue weighted by Crippen LogP contribution is 2.39. The number of hydrogen-bond donors (Lipinski definition) is 2. The molecule has 1 aromatic carbocycles. The lowest BCUT2D eigenvalue weighted by molar-refractivity contribution is -0.125. The Morgan fingerprint density at radius 3 is 2.69 bits per heavy atom. The molecule has 2 aliphatic rings. The number of fused-ring (bicyclic) bond motifs is 2. The normalized spacial score (nSPS) is 27.5. The van der Waals surface area contributed by atoms with E-state index in [0.717, 1.165) is 37.7 Å². The first kappa shape index (κ1) is 18.8. The average Bonchev–Trinajstić information content (AvgIpc) is 2.61. The SMILES string of the molecule is C=CCc1ccc(OCC(=O)NC2C3CCCC2CC(N)C3)c(OC)c1. The van der Waals surface area contributed by atoms with Gasteiger partial charge >= 0.3 is 0 Å². The zero-order chi connectivity index (χ0) is 18.5. The zero-order valence-electron chi connectivity index (χ0n) is 15.6. The van der Waals surface area contributed by atoms with Gasteiger partial charge < -0.3 is 20.5 Å². The summed E-state index contributed by atoms with van der Waals surface area (Å²) in [6, 6.07) is 6.26. The van der Waals surface area contributed by atoms with Crippen LogP contribution in [0.3, 0.4) is 0 Å². The van der Waals surface area contributed by atoms with Crippen molar-refractivity contribution >= 4 is 5.91 Å². The average molecular weight is 358 g/mol. The number of ether oxygens (including phenoxy) is 2. The summed E-state index contributed by atoms with van der Waals surface area (Å²) in [4.78, 5) is 12.4. The van der Waals surface area contributed by atoms with Crippen molar-refractivity contribution < 1.29 is 14.3 Å². The Balaban J connectivity index is 1.56. The topological polar surface area (TPSA) is 73.6 Å². The number of methoxy groups -OCH3 is 1. The third-order valence-corrected chi connectivity index (χ3v) is 5.67. The van der Waals surface area contributed by atoms with Gasteiger partial charge in [0.25, 0.3) is 5.91 Å². The van der Waals surface area contributed by atoms with Crippen LogP contribution in [-0.4, -0.2) is 31.7 Å². The minimum Gasteiger partial charge on any atom is -0.493 e. The van der Waals surface area contributed by atoms with Crippen molar-refractivity contribution in [2.75, 3.05) is 13.7 Å². The van der Waals surface area contributed by atoms with Gasteiger partial charge in [-0.25, -0.2) is 0 Å². The number of allylic oxidation sites excluding steroid dienone is 1. The van der Waals surface area contributed by atoms with Gasteiger partial charge in [-0.1, -0.05) is 18.6 Å². The number of amides is 1. The third kappa shape index (κ3) is 4.39. The van der Waals surface area contributed by atoms with Crippen LogP contribution in [-0.2, 0) is 11.2 Å². The minimum atomic E-state index is -0.0698. The fourth-order valence-electron chi connectivity index (χ4n) is 4.52. The summed E-state index contributed by atoms with van der Waals surface area (Å²) in [6.07, 6.45) is 8.21. The van der Waals surface area contributed by atoms with Gasteiger partial charge in [-0.3, -0.25) is 4.79 Å². The molecule has 1 amide bonds. The predicted octanol–water partition coefficient (Wildman–Crippen LogP) is 2.82. The van der Waals surface area contributed by atoms with E-state index < -0.39 is 0 Å². The summed E-state index contributed by atoms with van der Waals surface area (Å²) < 4.78 is 11.1. The zero-order valence-corrected chi connectivity index (χ0v) is 15.6. The van der Waals surface area contributed by atoms with E-state index >= 15 is 0 Å². The maximum Gasteiger partial charge on any atom is 0.258 e. The van der Waals surface area contributed by atoms with E-state index in [0.29, 0.717) is 23.3 Å². The van der Waals surface area contributed by atoms with Crippen LogP contribution in [0.25, 0.3) is 0 Å². The standard InChI is InChI=1S/C21H30N2O3/c1-3-5-14-8-9-18(19(10-14)25-2)26-13-20(24)23-21-15-6-4-7-16(21)12-17(22)11-15/h3,8-10,15-17,21H,1,4-7,11-13,22H2,2H3,(H,23,24). The van der Waals surface area contributed by atoms with Crippen molar-refractivity contribution in [1.29, 1.82) is 0 Å². The van der Waals surface area contributed by atoms with Crippen LogP contribution in [0.4, 0.5) is 0 Å². The van der Waals surface area contributed by atoms with E-state index in [1.165, 1.54) is 6.42 Å². The molecule has 142 valence electrons. The molecule has 2 unspecified atom stereocenters. The second kappa shape index (κ2) is 8.58. The quantitative estimate of drug-likeness (QED) is 0.735. The van der Waals surface area contributed by atoms with Gasteiger partial charge in [0.15, 0.2) is 18.1 Å². The second-order valence-corrected chi connectivity index (χ2v) is 7.54. The highest BCUT2D eigenvalue weighted by Gasteiger charge is 2.39.